The second-order valence-corrected chi connectivity index (χ2v) is 5.37. The maximum atomic E-state index is 4.49. The number of nitrogens with zero attached hydrogens (tertiary/aromatic N) is 2. The van der Waals surface area contributed by atoms with E-state index in [4.69, 9.17) is 0 Å². The maximum Gasteiger partial charge on any atom is 0.117 e. The second-order valence-electron chi connectivity index (χ2n) is 4.45. The van der Waals surface area contributed by atoms with Crippen LogP contribution in [0.2, 0.25) is 0 Å². The zero-order valence-electron chi connectivity index (χ0n) is 10.6. The smallest absolute Gasteiger partial charge is 0.117 e. The van der Waals surface area contributed by atoms with Crippen molar-refractivity contribution < 1.29 is 0 Å². The van der Waals surface area contributed by atoms with Gasteiger partial charge in [-0.15, -0.1) is 0 Å². The molecule has 0 bridgehead atoms. The summed E-state index contributed by atoms with van der Waals surface area (Å²) in [6, 6.07) is 8.16. The highest BCUT2D eigenvalue weighted by Gasteiger charge is 2.03. The van der Waals surface area contributed by atoms with Gasteiger partial charge in [-0.2, -0.15) is 5.10 Å². The van der Waals surface area contributed by atoms with Gasteiger partial charge in [-0.05, 0) is 37.5 Å². The summed E-state index contributed by atoms with van der Waals surface area (Å²) in [4.78, 5) is 4.49. The van der Waals surface area contributed by atoms with Gasteiger partial charge in [0.1, 0.15) is 5.84 Å². The van der Waals surface area contributed by atoms with Gasteiger partial charge in [-0.3, -0.25) is 10.4 Å². The molecule has 96 valence electrons. The van der Waals surface area contributed by atoms with Gasteiger partial charge < -0.3 is 0 Å². The van der Waals surface area contributed by atoms with Crippen LogP contribution in [0.5, 0.6) is 0 Å². The van der Waals surface area contributed by atoms with Crippen molar-refractivity contribution in [1.29, 1.82) is 0 Å². The lowest BCUT2D eigenvalue weighted by molar-refractivity contribution is 0.729. The Morgan fingerprint density at radius 3 is 2.78 bits per heavy atom. The Labute approximate surface area is 117 Å². The van der Waals surface area contributed by atoms with E-state index in [-0.39, 0.29) is 0 Å². The molecule has 0 unspecified atom stereocenters. The number of benzene rings is 1. The van der Waals surface area contributed by atoms with Crippen molar-refractivity contribution in [3.05, 3.63) is 34.3 Å². The Bertz CT molecular complexity index is 449. The van der Waals surface area contributed by atoms with Gasteiger partial charge >= 0.3 is 0 Å². The van der Waals surface area contributed by atoms with Crippen LogP contribution in [0.1, 0.15) is 38.2 Å². The highest BCUT2D eigenvalue weighted by molar-refractivity contribution is 9.10. The standard InChI is InChI=1S/C14H18BrN3/c1-11(12-6-8-13(15)9-7-12)17-18-14-5-3-2-4-10-16-14/h6-9H,2-5,10H2,1H3,(H,16,18)/b17-11+. The third kappa shape index (κ3) is 3.95. The molecule has 0 atom stereocenters. The highest BCUT2D eigenvalue weighted by Crippen LogP contribution is 2.11. The van der Waals surface area contributed by atoms with Crippen LogP contribution in [-0.2, 0) is 0 Å². The Hall–Kier alpha value is -1.16. The highest BCUT2D eigenvalue weighted by atomic mass is 79.9. The predicted octanol–water partition coefficient (Wildman–Crippen LogP) is 3.74. The first kappa shape index (κ1) is 13.3. The third-order valence-corrected chi connectivity index (χ3v) is 3.52. The average molecular weight is 308 g/mol. The molecule has 4 heteroatoms. The van der Waals surface area contributed by atoms with Crippen LogP contribution >= 0.6 is 15.9 Å². The van der Waals surface area contributed by atoms with Crippen molar-refractivity contribution in [1.82, 2.24) is 5.43 Å². The predicted molar refractivity (Wildman–Crippen MR) is 80.3 cm³/mol. The largest absolute Gasteiger partial charge is 0.271 e. The fourth-order valence-electron chi connectivity index (χ4n) is 1.87. The first-order valence-electron chi connectivity index (χ1n) is 6.35. The van der Waals surface area contributed by atoms with Gasteiger partial charge in [0.15, 0.2) is 0 Å². The number of amidine groups is 1. The quantitative estimate of drug-likeness (QED) is 0.656. The van der Waals surface area contributed by atoms with E-state index in [1.807, 2.05) is 19.1 Å². The summed E-state index contributed by atoms with van der Waals surface area (Å²) >= 11 is 3.43. The van der Waals surface area contributed by atoms with Crippen LogP contribution in [0.3, 0.4) is 0 Å². The van der Waals surface area contributed by atoms with Gasteiger partial charge in [0.25, 0.3) is 0 Å². The fourth-order valence-corrected chi connectivity index (χ4v) is 2.13. The molecule has 1 aliphatic rings. The van der Waals surface area contributed by atoms with Crippen molar-refractivity contribution in [3.8, 4) is 0 Å². The Kier molecular flexibility index (Phi) is 4.93. The molecule has 0 amide bonds. The molecule has 0 aromatic heterocycles. The number of aliphatic imine (C=N–C) groups is 1. The number of hydrazone groups is 1. The molecule has 0 aliphatic carbocycles. The van der Waals surface area contributed by atoms with E-state index in [9.17, 15) is 0 Å². The van der Waals surface area contributed by atoms with Gasteiger partial charge in [0.05, 0.1) is 5.71 Å². The lowest BCUT2D eigenvalue weighted by Gasteiger charge is -2.05. The Morgan fingerprint density at radius 1 is 1.22 bits per heavy atom. The first-order chi connectivity index (χ1) is 8.75. The molecule has 18 heavy (non-hydrogen) atoms. The van der Waals surface area contributed by atoms with Crippen molar-refractivity contribution in [2.75, 3.05) is 6.54 Å². The fraction of sp³-hybridized carbons (Fsp3) is 0.429. The van der Waals surface area contributed by atoms with Crippen molar-refractivity contribution in [3.63, 3.8) is 0 Å². The van der Waals surface area contributed by atoms with Crippen LogP contribution in [0.4, 0.5) is 0 Å². The van der Waals surface area contributed by atoms with E-state index in [1.165, 1.54) is 19.3 Å². The monoisotopic (exact) mass is 307 g/mol. The minimum absolute atomic E-state index is 0.926. The van der Waals surface area contributed by atoms with E-state index < -0.39 is 0 Å². The number of hydrogen-bond acceptors (Lipinski definition) is 3. The van der Waals surface area contributed by atoms with E-state index in [0.717, 1.165) is 34.5 Å². The molecule has 1 heterocycles. The van der Waals surface area contributed by atoms with Gasteiger partial charge in [0, 0.05) is 17.4 Å². The topological polar surface area (TPSA) is 36.8 Å². The summed E-state index contributed by atoms with van der Waals surface area (Å²) in [7, 11) is 0. The Morgan fingerprint density at radius 2 is 2.00 bits per heavy atom. The summed E-state index contributed by atoms with van der Waals surface area (Å²) < 4.78 is 1.08. The number of halogens is 1. The normalized spacial score (nSPS) is 17.0. The molecule has 0 fully saturated rings. The minimum Gasteiger partial charge on any atom is -0.271 e. The van der Waals surface area contributed by atoms with Gasteiger partial charge in [-0.1, -0.05) is 34.5 Å². The number of hydrogen-bond donors (Lipinski definition) is 1. The van der Waals surface area contributed by atoms with E-state index in [0.29, 0.717) is 0 Å². The molecule has 1 aliphatic heterocycles. The van der Waals surface area contributed by atoms with E-state index >= 15 is 0 Å². The van der Waals surface area contributed by atoms with E-state index in [1.54, 1.807) is 0 Å². The summed E-state index contributed by atoms with van der Waals surface area (Å²) in [5.41, 5.74) is 5.21. The summed E-state index contributed by atoms with van der Waals surface area (Å²) in [5, 5.41) is 4.41. The minimum atomic E-state index is 0.926. The van der Waals surface area contributed by atoms with Crippen LogP contribution in [0.25, 0.3) is 0 Å². The molecule has 0 radical (unpaired) electrons. The molecule has 3 nitrogen and oxygen atoms in total. The Balaban J connectivity index is 1.99. The number of rotatable bonds is 2. The average Bonchev–Trinajstić information content (AvgIpc) is 2.65. The zero-order chi connectivity index (χ0) is 12.8. The molecule has 0 saturated heterocycles. The molecule has 0 saturated carbocycles. The zero-order valence-corrected chi connectivity index (χ0v) is 12.2. The summed E-state index contributed by atoms with van der Waals surface area (Å²) in [6.45, 7) is 2.93. The maximum absolute atomic E-state index is 4.49. The van der Waals surface area contributed by atoms with Crippen molar-refractivity contribution in [2.45, 2.75) is 32.6 Å². The molecule has 1 aromatic rings. The molecule has 1 aromatic carbocycles. The molecule has 0 spiro atoms. The molecular weight excluding hydrogens is 290 g/mol. The second kappa shape index (κ2) is 6.69. The molecule has 1 N–H and O–H groups in total. The summed E-state index contributed by atoms with van der Waals surface area (Å²) in [5.74, 6) is 1.02. The van der Waals surface area contributed by atoms with Crippen LogP contribution in [0.15, 0.2) is 38.8 Å². The van der Waals surface area contributed by atoms with Gasteiger partial charge in [0.2, 0.25) is 0 Å². The molecular formula is C14H18BrN3. The van der Waals surface area contributed by atoms with Crippen molar-refractivity contribution >= 4 is 27.5 Å². The molecule has 2 rings (SSSR count). The SMILES string of the molecule is C/C(=N\NC1=NCCCCC1)c1ccc(Br)cc1. The van der Waals surface area contributed by atoms with Crippen molar-refractivity contribution in [2.24, 2.45) is 10.1 Å². The number of nitrogens with one attached hydrogen (secondary N) is 1. The summed E-state index contributed by atoms with van der Waals surface area (Å²) in [6.07, 6.45) is 4.68. The van der Waals surface area contributed by atoms with Crippen LogP contribution in [-0.4, -0.2) is 18.1 Å². The lowest BCUT2D eigenvalue weighted by Crippen LogP contribution is -2.19. The van der Waals surface area contributed by atoms with Crippen LogP contribution in [0, 0.1) is 0 Å². The first-order valence-corrected chi connectivity index (χ1v) is 7.14. The van der Waals surface area contributed by atoms with E-state index in [2.05, 4.69) is 43.6 Å². The van der Waals surface area contributed by atoms with Crippen LogP contribution < -0.4 is 5.43 Å². The lowest BCUT2D eigenvalue weighted by atomic mass is 10.1. The third-order valence-electron chi connectivity index (χ3n) is 2.99. The van der Waals surface area contributed by atoms with Gasteiger partial charge in [-0.25, -0.2) is 0 Å².